The van der Waals surface area contributed by atoms with Gasteiger partial charge in [0.05, 0.1) is 23.0 Å². The van der Waals surface area contributed by atoms with Crippen LogP contribution in [0.25, 0.3) is 22.8 Å². The lowest BCUT2D eigenvalue weighted by Crippen LogP contribution is -2.06. The highest BCUT2D eigenvalue weighted by Crippen LogP contribution is 2.31. The third kappa shape index (κ3) is 4.19. The van der Waals surface area contributed by atoms with E-state index < -0.39 is 0 Å². The van der Waals surface area contributed by atoms with Crippen LogP contribution in [-0.4, -0.2) is 25.8 Å². The summed E-state index contributed by atoms with van der Waals surface area (Å²) in [5, 5.41) is 14.0. The van der Waals surface area contributed by atoms with Crippen molar-refractivity contribution in [1.82, 2.24) is 19.7 Å². The van der Waals surface area contributed by atoms with Crippen LogP contribution in [0.3, 0.4) is 0 Å². The summed E-state index contributed by atoms with van der Waals surface area (Å²) in [6, 6.07) is 13.0. The molecular weight excluding hydrogens is 402 g/mol. The maximum absolute atomic E-state index is 9.42. The van der Waals surface area contributed by atoms with Gasteiger partial charge in [-0.15, -0.1) is 0 Å². The fraction of sp³-hybridized carbons (Fsp3) is 0.182. The Hall–Kier alpha value is -3.63. The number of imidazole rings is 1. The first-order valence-electron chi connectivity index (χ1n) is 9.33. The van der Waals surface area contributed by atoms with Crippen LogP contribution in [0.15, 0.2) is 59.6 Å². The summed E-state index contributed by atoms with van der Waals surface area (Å²) in [5.41, 5.74) is 2.74. The second kappa shape index (κ2) is 8.39. The molecule has 0 aliphatic rings. The molecule has 2 heterocycles. The molecule has 0 amide bonds. The molecule has 30 heavy (non-hydrogen) atoms. The maximum Gasteiger partial charge on any atom is 0.258 e. The molecule has 4 rings (SSSR count). The maximum atomic E-state index is 9.42. The molecule has 0 radical (unpaired) electrons. The van der Waals surface area contributed by atoms with Crippen molar-refractivity contribution in [3.05, 3.63) is 71.3 Å². The first-order chi connectivity index (χ1) is 14.5. The third-order valence-corrected chi connectivity index (χ3v) is 4.65. The highest BCUT2D eigenvalue weighted by atomic mass is 35.5. The van der Waals surface area contributed by atoms with Gasteiger partial charge in [0, 0.05) is 30.1 Å². The van der Waals surface area contributed by atoms with Crippen LogP contribution in [-0.2, 0) is 6.54 Å². The number of nitrogens with zero attached hydrogens (tertiary/aromatic N) is 5. The van der Waals surface area contributed by atoms with Gasteiger partial charge < -0.3 is 13.8 Å². The van der Waals surface area contributed by atoms with E-state index in [0.717, 1.165) is 5.56 Å². The Labute approximate surface area is 178 Å². The van der Waals surface area contributed by atoms with Gasteiger partial charge >= 0.3 is 0 Å². The van der Waals surface area contributed by atoms with Gasteiger partial charge in [0.25, 0.3) is 5.89 Å². The standard InChI is InChI=1S/C22H18ClN5O2/c1-14(2)29-20-6-4-16(10-17(20)11-24)22-26-21(27-30-22)18-5-3-15(9-19(18)23)12-28-8-7-25-13-28/h3-10,13-14H,12H2,1-2H3. The molecule has 150 valence electrons. The van der Waals surface area contributed by atoms with E-state index in [1.165, 1.54) is 0 Å². The van der Waals surface area contributed by atoms with Gasteiger partial charge in [0.2, 0.25) is 5.82 Å². The van der Waals surface area contributed by atoms with E-state index in [1.807, 2.05) is 42.8 Å². The summed E-state index contributed by atoms with van der Waals surface area (Å²) in [7, 11) is 0. The average Bonchev–Trinajstić information content (AvgIpc) is 3.40. The number of benzene rings is 2. The minimum absolute atomic E-state index is 0.0307. The molecule has 0 fully saturated rings. The molecule has 0 spiro atoms. The molecule has 4 aromatic rings. The molecule has 8 heteroatoms. The van der Waals surface area contributed by atoms with Crippen LogP contribution in [0.4, 0.5) is 0 Å². The highest BCUT2D eigenvalue weighted by molar-refractivity contribution is 6.33. The van der Waals surface area contributed by atoms with Crippen molar-refractivity contribution in [3.8, 4) is 34.7 Å². The summed E-state index contributed by atoms with van der Waals surface area (Å²) in [4.78, 5) is 8.49. The lowest BCUT2D eigenvalue weighted by atomic mass is 10.1. The molecule has 0 N–H and O–H groups in total. The zero-order chi connectivity index (χ0) is 21.1. The van der Waals surface area contributed by atoms with E-state index in [9.17, 15) is 5.26 Å². The van der Waals surface area contributed by atoms with Crippen LogP contribution in [0.2, 0.25) is 5.02 Å². The molecule has 0 aliphatic heterocycles. The van der Waals surface area contributed by atoms with Crippen molar-refractivity contribution in [2.24, 2.45) is 0 Å². The Kier molecular flexibility index (Phi) is 5.50. The van der Waals surface area contributed by atoms with Crippen LogP contribution in [0.5, 0.6) is 5.75 Å². The molecule has 0 unspecified atom stereocenters. The van der Waals surface area contributed by atoms with E-state index in [4.69, 9.17) is 20.9 Å². The van der Waals surface area contributed by atoms with Gasteiger partial charge in [-0.25, -0.2) is 4.98 Å². The molecule has 7 nitrogen and oxygen atoms in total. The number of aromatic nitrogens is 4. The van der Waals surface area contributed by atoms with Crippen LogP contribution in [0, 0.1) is 11.3 Å². The van der Waals surface area contributed by atoms with Gasteiger partial charge in [-0.1, -0.05) is 22.8 Å². The normalized spacial score (nSPS) is 10.9. The van der Waals surface area contributed by atoms with Gasteiger partial charge in [0.15, 0.2) is 0 Å². The van der Waals surface area contributed by atoms with Crippen molar-refractivity contribution in [3.63, 3.8) is 0 Å². The summed E-state index contributed by atoms with van der Waals surface area (Å²) in [6.45, 7) is 4.48. The lowest BCUT2D eigenvalue weighted by molar-refractivity contribution is 0.242. The van der Waals surface area contributed by atoms with Gasteiger partial charge in [-0.05, 0) is 49.7 Å². The van der Waals surface area contributed by atoms with Gasteiger partial charge in [0.1, 0.15) is 11.8 Å². The van der Waals surface area contributed by atoms with Crippen molar-refractivity contribution in [1.29, 1.82) is 5.26 Å². The Balaban J connectivity index is 1.59. The van der Waals surface area contributed by atoms with Gasteiger partial charge in [-0.2, -0.15) is 10.2 Å². The number of halogens is 1. The SMILES string of the molecule is CC(C)Oc1ccc(-c2nc(-c3ccc(Cn4ccnc4)cc3Cl)no2)cc1C#N. The highest BCUT2D eigenvalue weighted by Gasteiger charge is 2.16. The fourth-order valence-electron chi connectivity index (χ4n) is 2.99. The van der Waals surface area contributed by atoms with Gasteiger partial charge in [-0.3, -0.25) is 0 Å². The van der Waals surface area contributed by atoms with Crippen LogP contribution < -0.4 is 4.74 Å². The molecule has 0 saturated carbocycles. The summed E-state index contributed by atoms with van der Waals surface area (Å²) in [5.74, 6) is 1.20. The number of hydrogen-bond acceptors (Lipinski definition) is 6. The molecule has 0 aliphatic carbocycles. The minimum atomic E-state index is -0.0307. The second-order valence-corrected chi connectivity index (χ2v) is 7.37. The quantitative estimate of drug-likeness (QED) is 0.438. The third-order valence-electron chi connectivity index (χ3n) is 4.33. The first-order valence-corrected chi connectivity index (χ1v) is 9.70. The molecule has 2 aromatic carbocycles. The number of hydrogen-bond donors (Lipinski definition) is 0. The Morgan fingerprint density at radius 1 is 1.23 bits per heavy atom. The monoisotopic (exact) mass is 419 g/mol. The predicted molar refractivity (Wildman–Crippen MR) is 112 cm³/mol. The lowest BCUT2D eigenvalue weighted by Gasteiger charge is -2.11. The Morgan fingerprint density at radius 3 is 2.80 bits per heavy atom. The molecule has 0 saturated heterocycles. The predicted octanol–water partition coefficient (Wildman–Crippen LogP) is 4.96. The smallest absolute Gasteiger partial charge is 0.258 e. The van der Waals surface area contributed by atoms with Crippen LogP contribution >= 0.6 is 11.6 Å². The van der Waals surface area contributed by atoms with E-state index in [1.54, 1.807) is 30.7 Å². The summed E-state index contributed by atoms with van der Waals surface area (Å²) in [6.07, 6.45) is 5.34. The van der Waals surface area contributed by atoms with E-state index in [2.05, 4.69) is 21.2 Å². The van der Waals surface area contributed by atoms with Crippen molar-refractivity contribution in [2.75, 3.05) is 0 Å². The molecular formula is C22H18ClN5O2. The summed E-state index contributed by atoms with van der Waals surface area (Å²) < 4.78 is 13.0. The zero-order valence-corrected chi connectivity index (χ0v) is 17.2. The zero-order valence-electron chi connectivity index (χ0n) is 16.4. The molecule has 2 aromatic heterocycles. The van der Waals surface area contributed by atoms with E-state index in [0.29, 0.717) is 45.7 Å². The van der Waals surface area contributed by atoms with Crippen molar-refractivity contribution >= 4 is 11.6 Å². The molecule has 0 bridgehead atoms. The van der Waals surface area contributed by atoms with E-state index >= 15 is 0 Å². The fourth-order valence-corrected chi connectivity index (χ4v) is 3.27. The largest absolute Gasteiger partial charge is 0.490 e. The second-order valence-electron chi connectivity index (χ2n) is 6.96. The first kappa shape index (κ1) is 19.7. The van der Waals surface area contributed by atoms with Crippen LogP contribution in [0.1, 0.15) is 25.0 Å². The Bertz CT molecular complexity index is 1210. The number of ether oxygens (including phenoxy) is 1. The molecule has 0 atom stereocenters. The number of rotatable bonds is 6. The minimum Gasteiger partial charge on any atom is -0.490 e. The average molecular weight is 420 g/mol. The number of nitriles is 1. The van der Waals surface area contributed by atoms with Crippen molar-refractivity contribution < 1.29 is 9.26 Å². The van der Waals surface area contributed by atoms with Crippen molar-refractivity contribution in [2.45, 2.75) is 26.5 Å². The summed E-state index contributed by atoms with van der Waals surface area (Å²) >= 11 is 6.47. The Morgan fingerprint density at radius 2 is 2.10 bits per heavy atom. The topological polar surface area (TPSA) is 89.8 Å². The van der Waals surface area contributed by atoms with E-state index in [-0.39, 0.29) is 6.10 Å².